The number of nitrogens with one attached hydrogen (secondary N) is 4. The first-order valence-corrected chi connectivity index (χ1v) is 11.9. The first kappa shape index (κ1) is 25.5. The summed E-state index contributed by atoms with van der Waals surface area (Å²) in [4.78, 5) is 54.4. The number of aromatic nitrogens is 5. The van der Waals surface area contributed by atoms with Gasteiger partial charge in [0.15, 0.2) is 5.82 Å². The van der Waals surface area contributed by atoms with Crippen molar-refractivity contribution in [1.82, 2.24) is 36.2 Å². The lowest BCUT2D eigenvalue weighted by Gasteiger charge is -2.25. The van der Waals surface area contributed by atoms with Crippen LogP contribution >= 0.6 is 0 Å². The van der Waals surface area contributed by atoms with Crippen molar-refractivity contribution < 1.29 is 24.3 Å². The van der Waals surface area contributed by atoms with E-state index in [4.69, 9.17) is 5.11 Å². The lowest BCUT2D eigenvalue weighted by atomic mass is 10.0. The molecule has 3 amide bonds. The summed E-state index contributed by atoms with van der Waals surface area (Å²) in [5, 5.41) is 27.9. The van der Waals surface area contributed by atoms with Crippen molar-refractivity contribution in [2.75, 3.05) is 4.90 Å². The minimum absolute atomic E-state index is 0.0356. The molecular formula is C24H28N8O5. The Labute approximate surface area is 212 Å². The van der Waals surface area contributed by atoms with E-state index < -0.39 is 29.9 Å². The molecule has 1 aliphatic rings. The van der Waals surface area contributed by atoms with Gasteiger partial charge in [-0.1, -0.05) is 37.3 Å². The molecule has 13 nitrogen and oxygen atoms in total. The average Bonchev–Trinajstić information content (AvgIpc) is 3.63. The molecule has 194 valence electrons. The van der Waals surface area contributed by atoms with Crippen LogP contribution in [0.4, 0.5) is 5.69 Å². The normalized spacial score (nSPS) is 15.3. The third kappa shape index (κ3) is 5.82. The summed E-state index contributed by atoms with van der Waals surface area (Å²) in [6.07, 6.45) is -0.0618. The van der Waals surface area contributed by atoms with E-state index in [0.717, 1.165) is 5.56 Å². The Morgan fingerprint density at radius 3 is 2.62 bits per heavy atom. The van der Waals surface area contributed by atoms with Crippen molar-refractivity contribution in [3.05, 3.63) is 59.2 Å². The number of carbonyl (C=O) groups is 4. The summed E-state index contributed by atoms with van der Waals surface area (Å²) in [5.41, 5.74) is 2.37. The number of aromatic amines is 2. The standard InChI is InChI=1S/C24H28N8O5/c1-13(2)22(27-20(33)9-10-21(34)35)15-7-8-16(26-15)24(37)32-17-6-4-3-5-14(17)11-18(32)23(36)25-12-19-28-30-31-29-19/h3-8,13,18,22,26H,9-12H2,1-2H3,(H,25,36)(H,27,33)(H,34,35)(H,28,29,30,31)/t18-,22+/m0/s1. The van der Waals surface area contributed by atoms with Crippen LogP contribution in [0.2, 0.25) is 0 Å². The number of anilines is 1. The van der Waals surface area contributed by atoms with Gasteiger partial charge in [0.2, 0.25) is 11.8 Å². The number of carboxylic acid groups (broad SMARTS) is 1. The summed E-state index contributed by atoms with van der Waals surface area (Å²) in [7, 11) is 0. The molecule has 0 unspecified atom stereocenters. The number of amides is 3. The van der Waals surface area contributed by atoms with E-state index in [1.165, 1.54) is 4.90 Å². The van der Waals surface area contributed by atoms with Gasteiger partial charge in [0.05, 0.1) is 19.0 Å². The van der Waals surface area contributed by atoms with Gasteiger partial charge in [0.25, 0.3) is 5.91 Å². The predicted octanol–water partition coefficient (Wildman–Crippen LogP) is 1.09. The maximum Gasteiger partial charge on any atom is 0.303 e. The van der Waals surface area contributed by atoms with Crippen LogP contribution in [0.25, 0.3) is 0 Å². The number of H-pyrrole nitrogens is 2. The lowest BCUT2D eigenvalue weighted by Crippen LogP contribution is -2.48. The van der Waals surface area contributed by atoms with E-state index in [1.54, 1.807) is 24.3 Å². The summed E-state index contributed by atoms with van der Waals surface area (Å²) in [5.74, 6) is -1.91. The van der Waals surface area contributed by atoms with E-state index >= 15 is 0 Å². The van der Waals surface area contributed by atoms with Gasteiger partial charge in [-0.3, -0.25) is 24.1 Å². The molecule has 4 rings (SSSR count). The van der Waals surface area contributed by atoms with Gasteiger partial charge in [-0.15, -0.1) is 10.2 Å². The van der Waals surface area contributed by atoms with Gasteiger partial charge in [-0.05, 0) is 29.7 Å². The van der Waals surface area contributed by atoms with Crippen molar-refractivity contribution in [1.29, 1.82) is 0 Å². The molecule has 13 heteroatoms. The third-order valence-electron chi connectivity index (χ3n) is 6.13. The molecule has 0 fully saturated rings. The molecular weight excluding hydrogens is 480 g/mol. The van der Waals surface area contributed by atoms with Gasteiger partial charge in [0.1, 0.15) is 11.7 Å². The molecule has 0 saturated heterocycles. The molecule has 0 saturated carbocycles. The Morgan fingerprint density at radius 1 is 1.14 bits per heavy atom. The first-order chi connectivity index (χ1) is 17.7. The molecule has 1 aliphatic heterocycles. The number of para-hydroxylation sites is 1. The Bertz CT molecular complexity index is 1290. The number of fused-ring (bicyclic) bond motifs is 1. The van der Waals surface area contributed by atoms with E-state index in [0.29, 0.717) is 23.6 Å². The second-order valence-electron chi connectivity index (χ2n) is 9.08. The number of hydrogen-bond acceptors (Lipinski definition) is 7. The number of hydrogen-bond donors (Lipinski definition) is 5. The zero-order chi connectivity index (χ0) is 26.5. The minimum atomic E-state index is -1.05. The zero-order valence-electron chi connectivity index (χ0n) is 20.4. The quantitative estimate of drug-likeness (QED) is 0.269. The van der Waals surface area contributed by atoms with Crippen molar-refractivity contribution in [2.45, 2.75) is 51.7 Å². The van der Waals surface area contributed by atoms with E-state index in [1.807, 2.05) is 26.0 Å². The smallest absolute Gasteiger partial charge is 0.303 e. The Hall–Kier alpha value is -4.55. The fourth-order valence-corrected chi connectivity index (χ4v) is 4.31. The number of rotatable bonds is 10. The Morgan fingerprint density at radius 2 is 1.92 bits per heavy atom. The summed E-state index contributed by atoms with van der Waals surface area (Å²) in [6.45, 7) is 3.88. The molecule has 3 aromatic rings. The maximum absolute atomic E-state index is 13.7. The van der Waals surface area contributed by atoms with Crippen LogP contribution in [-0.4, -0.2) is 60.4 Å². The number of carbonyl (C=O) groups excluding carboxylic acids is 3. The fourth-order valence-electron chi connectivity index (χ4n) is 4.31. The Kier molecular flexibility index (Phi) is 7.60. The second kappa shape index (κ2) is 11.0. The molecule has 1 aromatic carbocycles. The van der Waals surface area contributed by atoms with Crippen LogP contribution < -0.4 is 15.5 Å². The van der Waals surface area contributed by atoms with Crippen LogP contribution in [0.15, 0.2) is 36.4 Å². The largest absolute Gasteiger partial charge is 0.481 e. The van der Waals surface area contributed by atoms with Gasteiger partial charge >= 0.3 is 5.97 Å². The minimum Gasteiger partial charge on any atom is -0.481 e. The molecule has 0 aliphatic carbocycles. The number of nitrogens with zero attached hydrogens (tertiary/aromatic N) is 4. The molecule has 2 atom stereocenters. The highest BCUT2D eigenvalue weighted by atomic mass is 16.4. The van der Waals surface area contributed by atoms with Crippen LogP contribution in [0.1, 0.15) is 60.3 Å². The lowest BCUT2D eigenvalue weighted by molar-refractivity contribution is -0.139. The molecule has 37 heavy (non-hydrogen) atoms. The average molecular weight is 509 g/mol. The van der Waals surface area contributed by atoms with E-state index in [9.17, 15) is 19.2 Å². The second-order valence-corrected chi connectivity index (χ2v) is 9.08. The van der Waals surface area contributed by atoms with Crippen molar-refractivity contribution in [2.24, 2.45) is 5.92 Å². The number of carboxylic acids is 1. The molecule has 2 aromatic heterocycles. The highest BCUT2D eigenvalue weighted by Crippen LogP contribution is 2.34. The van der Waals surface area contributed by atoms with Crippen LogP contribution in [-0.2, 0) is 27.3 Å². The molecule has 0 bridgehead atoms. The van der Waals surface area contributed by atoms with E-state index in [2.05, 4.69) is 36.2 Å². The van der Waals surface area contributed by atoms with Crippen LogP contribution in [0, 0.1) is 5.92 Å². The number of benzene rings is 1. The van der Waals surface area contributed by atoms with Crippen molar-refractivity contribution in [3.63, 3.8) is 0 Å². The highest BCUT2D eigenvalue weighted by molar-refractivity contribution is 6.10. The topological polar surface area (TPSA) is 186 Å². The van der Waals surface area contributed by atoms with Crippen molar-refractivity contribution >= 4 is 29.4 Å². The monoisotopic (exact) mass is 508 g/mol. The molecule has 5 N–H and O–H groups in total. The molecule has 0 radical (unpaired) electrons. The Balaban J connectivity index is 1.53. The summed E-state index contributed by atoms with van der Waals surface area (Å²) >= 11 is 0. The van der Waals surface area contributed by atoms with Gasteiger partial charge in [-0.2, -0.15) is 5.21 Å². The first-order valence-electron chi connectivity index (χ1n) is 11.9. The predicted molar refractivity (Wildman–Crippen MR) is 130 cm³/mol. The van der Waals surface area contributed by atoms with Gasteiger partial charge in [0, 0.05) is 24.2 Å². The third-order valence-corrected chi connectivity index (χ3v) is 6.13. The summed E-state index contributed by atoms with van der Waals surface area (Å²) < 4.78 is 0. The van der Waals surface area contributed by atoms with Gasteiger partial charge < -0.3 is 20.7 Å². The highest BCUT2D eigenvalue weighted by Gasteiger charge is 2.39. The van der Waals surface area contributed by atoms with Crippen molar-refractivity contribution in [3.8, 4) is 0 Å². The zero-order valence-corrected chi connectivity index (χ0v) is 20.4. The maximum atomic E-state index is 13.7. The van der Waals surface area contributed by atoms with Crippen LogP contribution in [0.5, 0.6) is 0 Å². The molecule has 3 heterocycles. The van der Waals surface area contributed by atoms with Crippen LogP contribution in [0.3, 0.4) is 0 Å². The van der Waals surface area contributed by atoms with E-state index in [-0.39, 0.29) is 36.9 Å². The fraction of sp³-hybridized carbons (Fsp3) is 0.375. The van der Waals surface area contributed by atoms with Gasteiger partial charge in [-0.25, -0.2) is 0 Å². The molecule has 0 spiro atoms. The number of aliphatic carboxylic acids is 1. The SMILES string of the molecule is CC(C)[C@@H](NC(=O)CCC(=O)O)c1ccc(C(=O)N2c3ccccc3C[C@H]2C(=O)NCc2nn[nH]n2)[nH]1. The number of tetrazole rings is 1. The summed E-state index contributed by atoms with van der Waals surface area (Å²) in [6, 6.07) is 9.43.